The van der Waals surface area contributed by atoms with Crippen LogP contribution in [0.5, 0.6) is 0 Å². The van der Waals surface area contributed by atoms with Gasteiger partial charge in [-0.3, -0.25) is 14.8 Å². The van der Waals surface area contributed by atoms with Gasteiger partial charge in [0.15, 0.2) is 0 Å². The largest absolute Gasteiger partial charge is 0.401 e. The van der Waals surface area contributed by atoms with Gasteiger partial charge in [-0.25, -0.2) is 4.39 Å². The van der Waals surface area contributed by atoms with Crippen molar-refractivity contribution in [3.63, 3.8) is 0 Å². The summed E-state index contributed by atoms with van der Waals surface area (Å²) in [5.74, 6) is -0.628. The summed E-state index contributed by atoms with van der Waals surface area (Å²) in [7, 11) is 1.75. The van der Waals surface area contributed by atoms with Crippen molar-refractivity contribution in [2.45, 2.75) is 6.92 Å². The molecular weight excluding hydrogens is 289 g/mol. The molecule has 0 radical (unpaired) electrons. The van der Waals surface area contributed by atoms with Crippen molar-refractivity contribution in [2.75, 3.05) is 5.32 Å². The third kappa shape index (κ3) is 2.71. The highest BCUT2D eigenvalue weighted by Crippen LogP contribution is 2.20. The molecule has 1 amide bonds. The van der Waals surface area contributed by atoms with Crippen molar-refractivity contribution in [3.8, 4) is 11.6 Å². The summed E-state index contributed by atoms with van der Waals surface area (Å²) in [6.45, 7) is 1.84. The zero-order valence-electron chi connectivity index (χ0n) is 11.9. The lowest BCUT2D eigenvalue weighted by atomic mass is 10.2. The number of rotatable bonds is 3. The standard InChI is InChI=1S/C14H12FN5O2/c1-8-7-11(20(2)19-8)13-17-18-14(22-13)16-12(21)9-3-5-10(15)6-4-9/h3-7H,1-2H3,(H,16,18,21). The second-order valence-electron chi connectivity index (χ2n) is 4.67. The summed E-state index contributed by atoms with van der Waals surface area (Å²) in [4.78, 5) is 12.0. The number of nitrogens with zero attached hydrogens (tertiary/aromatic N) is 4. The number of amides is 1. The van der Waals surface area contributed by atoms with Crippen LogP contribution >= 0.6 is 0 Å². The number of benzene rings is 1. The molecule has 0 aliphatic carbocycles. The molecule has 22 heavy (non-hydrogen) atoms. The quantitative estimate of drug-likeness (QED) is 0.801. The molecule has 0 aliphatic rings. The minimum Gasteiger partial charge on any atom is -0.401 e. The van der Waals surface area contributed by atoms with Crippen LogP contribution in [0.4, 0.5) is 10.4 Å². The Bertz CT molecular complexity index is 822. The Hall–Kier alpha value is -3.03. The van der Waals surface area contributed by atoms with Crippen LogP contribution in [0.1, 0.15) is 16.1 Å². The normalized spacial score (nSPS) is 10.7. The second kappa shape index (κ2) is 5.40. The zero-order chi connectivity index (χ0) is 15.7. The first-order chi connectivity index (χ1) is 10.5. The predicted molar refractivity (Wildman–Crippen MR) is 75.6 cm³/mol. The van der Waals surface area contributed by atoms with Gasteiger partial charge in [0.1, 0.15) is 11.5 Å². The van der Waals surface area contributed by atoms with Gasteiger partial charge in [-0.15, -0.1) is 5.10 Å². The second-order valence-corrected chi connectivity index (χ2v) is 4.67. The van der Waals surface area contributed by atoms with Gasteiger partial charge in [-0.2, -0.15) is 5.10 Å². The van der Waals surface area contributed by atoms with Crippen molar-refractivity contribution in [3.05, 3.63) is 47.4 Å². The van der Waals surface area contributed by atoms with Crippen LogP contribution in [-0.2, 0) is 7.05 Å². The first-order valence-corrected chi connectivity index (χ1v) is 6.44. The molecule has 7 nitrogen and oxygen atoms in total. The van der Waals surface area contributed by atoms with E-state index in [2.05, 4.69) is 20.6 Å². The van der Waals surface area contributed by atoms with Crippen LogP contribution in [0.2, 0.25) is 0 Å². The number of anilines is 1. The first-order valence-electron chi connectivity index (χ1n) is 6.44. The third-order valence-corrected chi connectivity index (χ3v) is 2.97. The number of halogens is 1. The molecule has 0 saturated carbocycles. The van der Waals surface area contributed by atoms with E-state index in [9.17, 15) is 9.18 Å². The summed E-state index contributed by atoms with van der Waals surface area (Å²) >= 11 is 0. The highest BCUT2D eigenvalue weighted by Gasteiger charge is 2.15. The maximum atomic E-state index is 12.8. The number of hydrogen-bond acceptors (Lipinski definition) is 5. The Morgan fingerprint density at radius 1 is 1.27 bits per heavy atom. The number of carbonyl (C=O) groups excluding carboxylic acids is 1. The maximum Gasteiger partial charge on any atom is 0.322 e. The van der Waals surface area contributed by atoms with E-state index >= 15 is 0 Å². The van der Waals surface area contributed by atoms with Crippen molar-refractivity contribution >= 4 is 11.9 Å². The van der Waals surface area contributed by atoms with Gasteiger partial charge in [0.2, 0.25) is 0 Å². The van der Waals surface area contributed by atoms with Crippen molar-refractivity contribution < 1.29 is 13.6 Å². The fraction of sp³-hybridized carbons (Fsp3) is 0.143. The highest BCUT2D eigenvalue weighted by molar-refractivity contribution is 6.03. The van der Waals surface area contributed by atoms with E-state index in [1.165, 1.54) is 24.3 Å². The number of nitrogens with one attached hydrogen (secondary N) is 1. The molecule has 2 heterocycles. The molecule has 0 bridgehead atoms. The summed E-state index contributed by atoms with van der Waals surface area (Å²) in [6.07, 6.45) is 0. The number of hydrogen-bond donors (Lipinski definition) is 1. The Balaban J connectivity index is 1.78. The topological polar surface area (TPSA) is 85.8 Å². The summed E-state index contributed by atoms with van der Waals surface area (Å²) in [5, 5.41) is 14.3. The van der Waals surface area contributed by atoms with E-state index in [-0.39, 0.29) is 17.5 Å². The lowest BCUT2D eigenvalue weighted by Crippen LogP contribution is -2.12. The van der Waals surface area contributed by atoms with Gasteiger partial charge in [0, 0.05) is 12.6 Å². The fourth-order valence-corrected chi connectivity index (χ4v) is 1.96. The van der Waals surface area contributed by atoms with Crippen molar-refractivity contribution in [2.24, 2.45) is 7.05 Å². The van der Waals surface area contributed by atoms with Crippen LogP contribution in [0, 0.1) is 12.7 Å². The minimum absolute atomic E-state index is 0.0387. The number of carbonyl (C=O) groups is 1. The molecule has 1 N–H and O–H groups in total. The molecule has 0 spiro atoms. The Labute approximate surface area is 124 Å². The van der Waals surface area contributed by atoms with E-state index in [0.717, 1.165) is 5.69 Å². The van der Waals surface area contributed by atoms with Crippen molar-refractivity contribution in [1.82, 2.24) is 20.0 Å². The van der Waals surface area contributed by atoms with Crippen molar-refractivity contribution in [1.29, 1.82) is 0 Å². The van der Waals surface area contributed by atoms with Crippen LogP contribution in [0.15, 0.2) is 34.7 Å². The third-order valence-electron chi connectivity index (χ3n) is 2.97. The molecule has 1 aromatic carbocycles. The summed E-state index contributed by atoms with van der Waals surface area (Å²) in [5.41, 5.74) is 1.75. The van der Waals surface area contributed by atoms with Crippen LogP contribution in [-0.4, -0.2) is 25.9 Å². The molecule has 0 atom stereocenters. The minimum atomic E-state index is -0.462. The van der Waals surface area contributed by atoms with E-state index < -0.39 is 11.7 Å². The molecule has 0 unspecified atom stereocenters. The molecular formula is C14H12FN5O2. The zero-order valence-corrected chi connectivity index (χ0v) is 11.9. The predicted octanol–water partition coefficient (Wildman–Crippen LogP) is 2.17. The van der Waals surface area contributed by atoms with Crippen LogP contribution < -0.4 is 5.32 Å². The van der Waals surface area contributed by atoms with Gasteiger partial charge < -0.3 is 4.42 Å². The van der Waals surface area contributed by atoms with Gasteiger partial charge in [-0.1, -0.05) is 5.10 Å². The Kier molecular flexibility index (Phi) is 3.42. The lowest BCUT2D eigenvalue weighted by Gasteiger charge is -2.00. The molecule has 2 aromatic heterocycles. The molecule has 0 fully saturated rings. The van der Waals surface area contributed by atoms with E-state index in [4.69, 9.17) is 4.42 Å². The van der Waals surface area contributed by atoms with Gasteiger partial charge in [0.25, 0.3) is 11.8 Å². The van der Waals surface area contributed by atoms with Gasteiger partial charge >= 0.3 is 6.01 Å². The molecule has 0 saturated heterocycles. The van der Waals surface area contributed by atoms with Gasteiger partial charge in [-0.05, 0) is 37.3 Å². The first kappa shape index (κ1) is 13.9. The summed E-state index contributed by atoms with van der Waals surface area (Å²) in [6, 6.07) is 6.89. The monoisotopic (exact) mass is 301 g/mol. The van der Waals surface area contributed by atoms with Crippen LogP contribution in [0.3, 0.4) is 0 Å². The fourth-order valence-electron chi connectivity index (χ4n) is 1.96. The highest BCUT2D eigenvalue weighted by atomic mass is 19.1. The molecule has 112 valence electrons. The van der Waals surface area contributed by atoms with Gasteiger partial charge in [0.05, 0.1) is 5.69 Å². The number of aromatic nitrogens is 4. The molecule has 0 aliphatic heterocycles. The lowest BCUT2D eigenvalue weighted by molar-refractivity contribution is 0.102. The average molecular weight is 301 g/mol. The van der Waals surface area contributed by atoms with E-state index in [0.29, 0.717) is 5.69 Å². The molecule has 3 rings (SSSR count). The maximum absolute atomic E-state index is 12.8. The smallest absolute Gasteiger partial charge is 0.322 e. The summed E-state index contributed by atoms with van der Waals surface area (Å²) < 4.78 is 19.8. The van der Waals surface area contributed by atoms with Crippen LogP contribution in [0.25, 0.3) is 11.6 Å². The molecule has 8 heteroatoms. The Morgan fingerprint density at radius 3 is 2.64 bits per heavy atom. The Morgan fingerprint density at radius 2 is 2.00 bits per heavy atom. The van der Waals surface area contributed by atoms with E-state index in [1.54, 1.807) is 17.8 Å². The average Bonchev–Trinajstić information content (AvgIpc) is 3.06. The SMILES string of the molecule is Cc1cc(-c2nnc(NC(=O)c3ccc(F)cc3)o2)n(C)n1. The number of aryl methyl sites for hydroxylation is 2. The van der Waals surface area contributed by atoms with E-state index in [1.807, 2.05) is 6.92 Å². The molecule has 3 aromatic rings.